The summed E-state index contributed by atoms with van der Waals surface area (Å²) in [4.78, 5) is 47.6. The van der Waals surface area contributed by atoms with Gasteiger partial charge in [0.05, 0.1) is 16.1 Å². The van der Waals surface area contributed by atoms with E-state index in [0.29, 0.717) is 5.69 Å². The van der Waals surface area contributed by atoms with Gasteiger partial charge in [-0.15, -0.1) is 0 Å². The summed E-state index contributed by atoms with van der Waals surface area (Å²) in [6.07, 6.45) is 0.272. The first-order chi connectivity index (χ1) is 14.6. The van der Waals surface area contributed by atoms with E-state index < -0.39 is 29.8 Å². The van der Waals surface area contributed by atoms with Crippen LogP contribution in [0.25, 0.3) is 0 Å². The predicted molar refractivity (Wildman–Crippen MR) is 116 cm³/mol. The van der Waals surface area contributed by atoms with E-state index >= 15 is 0 Å². The zero-order valence-electron chi connectivity index (χ0n) is 17.3. The fourth-order valence-corrected chi connectivity index (χ4v) is 3.07. The highest BCUT2D eigenvalue weighted by atomic mass is 35.5. The number of benzene rings is 2. The van der Waals surface area contributed by atoms with Crippen molar-refractivity contribution in [2.45, 2.75) is 33.2 Å². The van der Waals surface area contributed by atoms with Gasteiger partial charge in [-0.05, 0) is 42.7 Å². The Morgan fingerprint density at radius 3 is 2.29 bits per heavy atom. The largest absolute Gasteiger partial charge is 0.480 e. The number of carboxylic acid groups (broad SMARTS) is 1. The number of esters is 1. The van der Waals surface area contributed by atoms with Gasteiger partial charge in [0.25, 0.3) is 11.8 Å². The molecular formula is C22H23ClN2O6. The SMILES string of the molecule is CC(=O)Oc1ccccc1C(=O)Nc1ccc(C(=O)NC(CC(C)C)C(=O)O)c(Cl)c1. The second kappa shape index (κ2) is 10.6. The van der Waals surface area contributed by atoms with Gasteiger partial charge in [0, 0.05) is 12.6 Å². The minimum Gasteiger partial charge on any atom is -0.480 e. The van der Waals surface area contributed by atoms with Gasteiger partial charge >= 0.3 is 11.9 Å². The Morgan fingerprint density at radius 1 is 1.03 bits per heavy atom. The molecule has 0 aliphatic rings. The van der Waals surface area contributed by atoms with Gasteiger partial charge in [0.2, 0.25) is 0 Å². The van der Waals surface area contributed by atoms with Crippen LogP contribution in [0.5, 0.6) is 5.75 Å². The Bertz CT molecular complexity index is 1010. The zero-order valence-corrected chi connectivity index (χ0v) is 18.0. The Hall–Kier alpha value is -3.39. The lowest BCUT2D eigenvalue weighted by molar-refractivity contribution is -0.139. The van der Waals surface area contributed by atoms with Gasteiger partial charge in [0.15, 0.2) is 0 Å². The van der Waals surface area contributed by atoms with E-state index in [1.54, 1.807) is 12.1 Å². The van der Waals surface area contributed by atoms with Crippen LogP contribution in [0.1, 0.15) is 47.9 Å². The Labute approximate surface area is 184 Å². The molecule has 0 heterocycles. The second-order valence-electron chi connectivity index (χ2n) is 7.23. The van der Waals surface area contributed by atoms with Crippen molar-refractivity contribution in [1.82, 2.24) is 5.32 Å². The smallest absolute Gasteiger partial charge is 0.326 e. The first kappa shape index (κ1) is 23.9. The van der Waals surface area contributed by atoms with E-state index in [0.717, 1.165) is 0 Å². The van der Waals surface area contributed by atoms with Gasteiger partial charge in [-0.3, -0.25) is 14.4 Å². The van der Waals surface area contributed by atoms with E-state index in [4.69, 9.17) is 16.3 Å². The number of para-hydroxylation sites is 1. The second-order valence-corrected chi connectivity index (χ2v) is 7.64. The van der Waals surface area contributed by atoms with Gasteiger partial charge in [-0.1, -0.05) is 37.6 Å². The van der Waals surface area contributed by atoms with Crippen LogP contribution in [0.4, 0.5) is 5.69 Å². The number of rotatable bonds is 8. The van der Waals surface area contributed by atoms with Crippen molar-refractivity contribution in [3.8, 4) is 5.75 Å². The molecular weight excluding hydrogens is 424 g/mol. The highest BCUT2D eigenvalue weighted by molar-refractivity contribution is 6.34. The van der Waals surface area contributed by atoms with Crippen molar-refractivity contribution in [2.24, 2.45) is 5.92 Å². The average Bonchev–Trinajstić information content (AvgIpc) is 2.66. The summed E-state index contributed by atoms with van der Waals surface area (Å²) in [5.41, 5.74) is 0.532. The molecule has 164 valence electrons. The molecule has 0 aliphatic carbocycles. The molecule has 0 aliphatic heterocycles. The minimum atomic E-state index is -1.13. The summed E-state index contributed by atoms with van der Waals surface area (Å²) >= 11 is 6.19. The summed E-state index contributed by atoms with van der Waals surface area (Å²) in [5, 5.41) is 14.4. The number of nitrogens with one attached hydrogen (secondary N) is 2. The Morgan fingerprint density at radius 2 is 1.71 bits per heavy atom. The molecule has 0 bridgehead atoms. The van der Waals surface area contributed by atoms with Crippen molar-refractivity contribution in [2.75, 3.05) is 5.32 Å². The number of amides is 2. The third-order valence-electron chi connectivity index (χ3n) is 4.17. The lowest BCUT2D eigenvalue weighted by atomic mass is 10.0. The van der Waals surface area contributed by atoms with Crippen LogP contribution in [0.3, 0.4) is 0 Å². The van der Waals surface area contributed by atoms with Crippen LogP contribution in [0.15, 0.2) is 42.5 Å². The van der Waals surface area contributed by atoms with E-state index in [1.807, 2.05) is 13.8 Å². The first-order valence-electron chi connectivity index (χ1n) is 9.50. The Balaban J connectivity index is 2.16. The molecule has 3 N–H and O–H groups in total. The van der Waals surface area contributed by atoms with Crippen LogP contribution in [-0.4, -0.2) is 34.9 Å². The molecule has 1 unspecified atom stereocenters. The molecule has 0 aromatic heterocycles. The number of hydrogen-bond acceptors (Lipinski definition) is 5. The van der Waals surface area contributed by atoms with Crippen molar-refractivity contribution >= 4 is 41.0 Å². The third kappa shape index (κ3) is 6.82. The Kier molecular flexibility index (Phi) is 8.15. The van der Waals surface area contributed by atoms with Crippen molar-refractivity contribution in [3.05, 3.63) is 58.6 Å². The summed E-state index contributed by atoms with van der Waals surface area (Å²) in [7, 11) is 0. The maximum Gasteiger partial charge on any atom is 0.326 e. The van der Waals surface area contributed by atoms with Gasteiger partial charge in [-0.25, -0.2) is 4.79 Å². The number of hydrogen-bond donors (Lipinski definition) is 3. The molecule has 2 amide bonds. The third-order valence-corrected chi connectivity index (χ3v) is 4.48. The molecule has 9 heteroatoms. The summed E-state index contributed by atoms with van der Waals surface area (Å²) in [6, 6.07) is 9.43. The summed E-state index contributed by atoms with van der Waals surface area (Å²) in [6.45, 7) is 4.94. The van der Waals surface area contributed by atoms with E-state index in [9.17, 15) is 24.3 Å². The van der Waals surface area contributed by atoms with Crippen LogP contribution in [0, 0.1) is 5.92 Å². The molecule has 2 aromatic carbocycles. The highest BCUT2D eigenvalue weighted by Crippen LogP contribution is 2.24. The maximum atomic E-state index is 12.6. The number of carboxylic acids is 1. The topological polar surface area (TPSA) is 122 Å². The number of halogens is 1. The number of anilines is 1. The molecule has 0 spiro atoms. The minimum absolute atomic E-state index is 0.0391. The molecule has 0 radical (unpaired) electrons. The average molecular weight is 447 g/mol. The van der Waals surface area contributed by atoms with Crippen molar-refractivity contribution in [3.63, 3.8) is 0 Å². The monoisotopic (exact) mass is 446 g/mol. The number of aliphatic carboxylic acids is 1. The molecule has 2 rings (SSSR count). The van der Waals surface area contributed by atoms with Gasteiger partial charge in [0.1, 0.15) is 11.8 Å². The number of carbonyl (C=O) groups is 4. The molecule has 8 nitrogen and oxygen atoms in total. The van der Waals surface area contributed by atoms with Crippen molar-refractivity contribution in [1.29, 1.82) is 0 Å². The lowest BCUT2D eigenvalue weighted by Crippen LogP contribution is -2.41. The van der Waals surface area contributed by atoms with Crippen LogP contribution in [-0.2, 0) is 9.59 Å². The molecule has 0 fully saturated rings. The van der Waals surface area contributed by atoms with Gasteiger partial charge in [-0.2, -0.15) is 0 Å². The van der Waals surface area contributed by atoms with Gasteiger partial charge < -0.3 is 20.5 Å². The van der Waals surface area contributed by atoms with Crippen LogP contribution < -0.4 is 15.4 Å². The summed E-state index contributed by atoms with van der Waals surface area (Å²) < 4.78 is 5.04. The highest BCUT2D eigenvalue weighted by Gasteiger charge is 2.23. The van der Waals surface area contributed by atoms with Crippen molar-refractivity contribution < 1.29 is 29.0 Å². The number of carbonyl (C=O) groups excluding carboxylic acids is 3. The quantitative estimate of drug-likeness (QED) is 0.419. The zero-order chi connectivity index (χ0) is 23.1. The molecule has 2 aromatic rings. The fourth-order valence-electron chi connectivity index (χ4n) is 2.80. The standard InChI is InChI=1S/C22H23ClN2O6/c1-12(2)10-18(22(29)30)25-20(27)15-9-8-14(11-17(15)23)24-21(28)16-6-4-5-7-19(16)31-13(3)26/h4-9,11-12,18H,10H2,1-3H3,(H,24,28)(H,25,27)(H,29,30). The molecule has 1 atom stereocenters. The lowest BCUT2D eigenvalue weighted by Gasteiger charge is -2.17. The summed E-state index contributed by atoms with van der Waals surface area (Å²) in [5.74, 6) is -2.67. The molecule has 0 saturated heterocycles. The van der Waals surface area contributed by atoms with E-state index in [2.05, 4.69) is 10.6 Å². The van der Waals surface area contributed by atoms with E-state index in [1.165, 1.54) is 37.3 Å². The normalized spacial score (nSPS) is 11.5. The molecule has 0 saturated carbocycles. The predicted octanol–water partition coefficient (Wildman–Crippen LogP) is 3.75. The number of ether oxygens (including phenoxy) is 1. The fraction of sp³-hybridized carbons (Fsp3) is 0.273. The van der Waals surface area contributed by atoms with E-state index in [-0.39, 0.29) is 34.2 Å². The molecule has 31 heavy (non-hydrogen) atoms. The first-order valence-corrected chi connectivity index (χ1v) is 9.88. The van der Waals surface area contributed by atoms with Crippen LogP contribution in [0.2, 0.25) is 5.02 Å². The van der Waals surface area contributed by atoms with Crippen LogP contribution >= 0.6 is 11.6 Å². The maximum absolute atomic E-state index is 12.6.